The van der Waals surface area contributed by atoms with Gasteiger partial charge in [-0.05, 0) is 53.6 Å². The standard InChI is InChI=1S/C14H21BrN2O2/c1-16-8-11(15)7-13(16)14(19)17(2)12-5-3-10(9-18)4-6-12/h7-8,10,12,18H,3-6,9H2,1-2H3. The van der Waals surface area contributed by atoms with E-state index in [2.05, 4.69) is 15.9 Å². The molecule has 0 atom stereocenters. The summed E-state index contributed by atoms with van der Waals surface area (Å²) in [5.74, 6) is 0.490. The highest BCUT2D eigenvalue weighted by molar-refractivity contribution is 9.10. The van der Waals surface area contributed by atoms with Gasteiger partial charge < -0.3 is 14.6 Å². The quantitative estimate of drug-likeness (QED) is 0.926. The van der Waals surface area contributed by atoms with Crippen molar-refractivity contribution in [3.63, 3.8) is 0 Å². The predicted molar refractivity (Wildman–Crippen MR) is 78.0 cm³/mol. The van der Waals surface area contributed by atoms with Gasteiger partial charge in [0.2, 0.25) is 0 Å². The summed E-state index contributed by atoms with van der Waals surface area (Å²) in [7, 11) is 3.77. The molecular weight excluding hydrogens is 308 g/mol. The number of carbonyl (C=O) groups excluding carboxylic acids is 1. The first-order valence-electron chi connectivity index (χ1n) is 6.72. The molecule has 0 unspecified atom stereocenters. The molecule has 0 radical (unpaired) electrons. The number of carbonyl (C=O) groups is 1. The van der Waals surface area contributed by atoms with Crippen LogP contribution in [0.4, 0.5) is 0 Å². The smallest absolute Gasteiger partial charge is 0.270 e. The molecule has 4 nitrogen and oxygen atoms in total. The van der Waals surface area contributed by atoms with Crippen molar-refractivity contribution >= 4 is 21.8 Å². The molecule has 1 aliphatic rings. The van der Waals surface area contributed by atoms with Gasteiger partial charge in [0.25, 0.3) is 5.91 Å². The molecule has 2 rings (SSSR count). The van der Waals surface area contributed by atoms with Crippen molar-refractivity contribution < 1.29 is 9.90 Å². The van der Waals surface area contributed by atoms with Crippen LogP contribution in [0.3, 0.4) is 0 Å². The second kappa shape index (κ2) is 6.09. The molecule has 1 heterocycles. The summed E-state index contributed by atoms with van der Waals surface area (Å²) < 4.78 is 2.78. The number of nitrogens with zero attached hydrogens (tertiary/aromatic N) is 2. The van der Waals surface area contributed by atoms with Gasteiger partial charge in [-0.25, -0.2) is 0 Å². The van der Waals surface area contributed by atoms with Gasteiger partial charge in [-0.3, -0.25) is 4.79 Å². The molecule has 1 aliphatic carbocycles. The van der Waals surface area contributed by atoms with Crippen molar-refractivity contribution in [1.82, 2.24) is 9.47 Å². The molecular formula is C14H21BrN2O2. The summed E-state index contributed by atoms with van der Waals surface area (Å²) in [6.45, 7) is 0.273. The monoisotopic (exact) mass is 328 g/mol. The normalized spacial score (nSPS) is 23.4. The molecule has 1 saturated carbocycles. The third kappa shape index (κ3) is 3.20. The zero-order chi connectivity index (χ0) is 14.0. The topological polar surface area (TPSA) is 45.5 Å². The Hall–Kier alpha value is -0.810. The molecule has 1 aromatic heterocycles. The van der Waals surface area contributed by atoms with Crippen LogP contribution < -0.4 is 0 Å². The average molecular weight is 329 g/mol. The zero-order valence-corrected chi connectivity index (χ0v) is 13.1. The summed E-state index contributed by atoms with van der Waals surface area (Å²) in [6.07, 6.45) is 5.88. The van der Waals surface area contributed by atoms with Crippen LogP contribution in [-0.2, 0) is 7.05 Å². The minimum Gasteiger partial charge on any atom is -0.396 e. The lowest BCUT2D eigenvalue weighted by Crippen LogP contribution is -2.40. The number of aryl methyl sites for hydroxylation is 1. The summed E-state index contributed by atoms with van der Waals surface area (Å²) in [5, 5.41) is 9.15. The highest BCUT2D eigenvalue weighted by Gasteiger charge is 2.27. The first-order chi connectivity index (χ1) is 9.02. The summed E-state index contributed by atoms with van der Waals surface area (Å²) in [5.41, 5.74) is 0.707. The van der Waals surface area contributed by atoms with E-state index in [1.807, 2.05) is 35.8 Å². The van der Waals surface area contributed by atoms with Crippen LogP contribution in [0.5, 0.6) is 0 Å². The molecule has 0 bridgehead atoms. The molecule has 106 valence electrons. The van der Waals surface area contributed by atoms with Crippen molar-refractivity contribution in [3.05, 3.63) is 22.4 Å². The Morgan fingerprint density at radius 3 is 2.58 bits per heavy atom. The van der Waals surface area contributed by atoms with Gasteiger partial charge in [-0.15, -0.1) is 0 Å². The van der Waals surface area contributed by atoms with E-state index in [1.165, 1.54) is 0 Å². The number of hydrogen-bond acceptors (Lipinski definition) is 2. The summed E-state index contributed by atoms with van der Waals surface area (Å²) in [6, 6.07) is 2.15. The summed E-state index contributed by atoms with van der Waals surface area (Å²) >= 11 is 3.39. The average Bonchev–Trinajstić information content (AvgIpc) is 2.76. The van der Waals surface area contributed by atoms with E-state index in [-0.39, 0.29) is 12.5 Å². The van der Waals surface area contributed by atoms with Crippen LogP contribution in [-0.4, -0.2) is 40.2 Å². The zero-order valence-electron chi connectivity index (χ0n) is 11.5. The second-order valence-corrected chi connectivity index (χ2v) is 6.34. The van der Waals surface area contributed by atoms with Crippen molar-refractivity contribution in [2.24, 2.45) is 13.0 Å². The Morgan fingerprint density at radius 1 is 1.47 bits per heavy atom. The van der Waals surface area contributed by atoms with E-state index in [0.717, 1.165) is 30.2 Å². The van der Waals surface area contributed by atoms with E-state index in [1.54, 1.807) is 0 Å². The van der Waals surface area contributed by atoms with Crippen molar-refractivity contribution in [2.75, 3.05) is 13.7 Å². The summed E-state index contributed by atoms with van der Waals surface area (Å²) in [4.78, 5) is 14.3. The number of halogens is 1. The molecule has 0 saturated heterocycles. The first kappa shape index (κ1) is 14.6. The molecule has 1 fully saturated rings. The highest BCUT2D eigenvalue weighted by atomic mass is 79.9. The maximum atomic E-state index is 12.5. The van der Waals surface area contributed by atoms with E-state index < -0.39 is 0 Å². The highest BCUT2D eigenvalue weighted by Crippen LogP contribution is 2.27. The number of aliphatic hydroxyl groups excluding tert-OH is 1. The van der Waals surface area contributed by atoms with Crippen LogP contribution in [0.15, 0.2) is 16.7 Å². The fourth-order valence-electron chi connectivity index (χ4n) is 2.80. The molecule has 0 aliphatic heterocycles. The van der Waals surface area contributed by atoms with Crippen LogP contribution in [0.1, 0.15) is 36.2 Å². The van der Waals surface area contributed by atoms with Crippen molar-refractivity contribution in [3.8, 4) is 0 Å². The maximum Gasteiger partial charge on any atom is 0.270 e. The molecule has 1 aromatic rings. The van der Waals surface area contributed by atoms with E-state index in [0.29, 0.717) is 17.7 Å². The van der Waals surface area contributed by atoms with Gasteiger partial charge in [-0.2, -0.15) is 0 Å². The van der Waals surface area contributed by atoms with Crippen LogP contribution >= 0.6 is 15.9 Å². The van der Waals surface area contributed by atoms with Crippen molar-refractivity contribution in [2.45, 2.75) is 31.7 Å². The number of amides is 1. The number of aromatic nitrogens is 1. The van der Waals surface area contributed by atoms with Gasteiger partial charge >= 0.3 is 0 Å². The molecule has 1 N–H and O–H groups in total. The number of hydrogen-bond donors (Lipinski definition) is 1. The molecule has 0 aromatic carbocycles. The minimum atomic E-state index is 0.0700. The van der Waals surface area contributed by atoms with Gasteiger partial charge in [0.15, 0.2) is 0 Å². The fraction of sp³-hybridized carbons (Fsp3) is 0.643. The van der Waals surface area contributed by atoms with Crippen LogP contribution in [0.2, 0.25) is 0 Å². The fourth-order valence-corrected chi connectivity index (χ4v) is 3.32. The molecule has 19 heavy (non-hydrogen) atoms. The second-order valence-electron chi connectivity index (χ2n) is 5.43. The van der Waals surface area contributed by atoms with Crippen molar-refractivity contribution in [1.29, 1.82) is 0 Å². The lowest BCUT2D eigenvalue weighted by molar-refractivity contribution is 0.0643. The van der Waals surface area contributed by atoms with E-state index in [4.69, 9.17) is 5.11 Å². The Bertz CT molecular complexity index is 450. The molecule has 5 heteroatoms. The Morgan fingerprint density at radius 2 is 2.11 bits per heavy atom. The third-order valence-corrected chi connectivity index (χ3v) is 4.57. The van der Waals surface area contributed by atoms with Gasteiger partial charge in [0.1, 0.15) is 5.69 Å². The number of aliphatic hydroxyl groups is 1. The van der Waals surface area contributed by atoms with Gasteiger partial charge in [0, 0.05) is 37.4 Å². The first-order valence-corrected chi connectivity index (χ1v) is 7.52. The van der Waals surface area contributed by atoms with E-state index in [9.17, 15) is 4.79 Å². The maximum absolute atomic E-state index is 12.5. The largest absolute Gasteiger partial charge is 0.396 e. The van der Waals surface area contributed by atoms with Gasteiger partial charge in [-0.1, -0.05) is 0 Å². The lowest BCUT2D eigenvalue weighted by Gasteiger charge is -2.34. The van der Waals surface area contributed by atoms with Crippen LogP contribution in [0, 0.1) is 5.92 Å². The van der Waals surface area contributed by atoms with E-state index >= 15 is 0 Å². The molecule has 1 amide bonds. The molecule has 0 spiro atoms. The van der Waals surface area contributed by atoms with Gasteiger partial charge in [0.05, 0.1) is 0 Å². The lowest BCUT2D eigenvalue weighted by atomic mass is 9.86. The van der Waals surface area contributed by atoms with Crippen LogP contribution in [0.25, 0.3) is 0 Å². The Balaban J connectivity index is 2.02. The Kier molecular flexibility index (Phi) is 4.68. The number of rotatable bonds is 3. The Labute approximate surface area is 122 Å². The third-order valence-electron chi connectivity index (χ3n) is 4.13. The minimum absolute atomic E-state index is 0.0700. The predicted octanol–water partition coefficient (Wildman–Crippen LogP) is 2.41. The SMILES string of the molecule is CN(C(=O)c1cc(Br)cn1C)C1CCC(CO)CC1.